The van der Waals surface area contributed by atoms with Crippen molar-refractivity contribution in [3.8, 4) is 0 Å². The number of anilines is 1. The van der Waals surface area contributed by atoms with E-state index in [-0.39, 0.29) is 12.3 Å². The van der Waals surface area contributed by atoms with Crippen LogP contribution in [0.5, 0.6) is 0 Å². The van der Waals surface area contributed by atoms with Crippen molar-refractivity contribution >= 4 is 22.4 Å². The molecule has 130 valence electrons. The Morgan fingerprint density at radius 1 is 1.16 bits per heavy atom. The number of carbonyl (C=O) groups excluding carboxylic acids is 1. The molecule has 0 bridgehead atoms. The second-order valence-corrected chi connectivity index (χ2v) is 7.06. The van der Waals surface area contributed by atoms with Crippen LogP contribution in [0.15, 0.2) is 28.8 Å². The van der Waals surface area contributed by atoms with Crippen LogP contribution in [0, 0.1) is 20.8 Å². The predicted molar refractivity (Wildman–Crippen MR) is 96.8 cm³/mol. The molecule has 2 aromatic heterocycles. The van der Waals surface area contributed by atoms with Gasteiger partial charge in [-0.05, 0) is 26.3 Å². The first-order valence-corrected chi connectivity index (χ1v) is 8.92. The third kappa shape index (κ3) is 4.73. The SMILES string of the molecule is Cc1ccc(Cc2sc(NC(=O)CCc3nc(C)no3)nc2C)cc1. The van der Waals surface area contributed by atoms with Gasteiger partial charge in [0.1, 0.15) is 0 Å². The van der Waals surface area contributed by atoms with Crippen LogP contribution in [0.25, 0.3) is 0 Å². The van der Waals surface area contributed by atoms with Crippen LogP contribution in [0.2, 0.25) is 0 Å². The second kappa shape index (κ2) is 7.57. The molecule has 25 heavy (non-hydrogen) atoms. The zero-order valence-corrected chi connectivity index (χ0v) is 15.3. The number of carbonyl (C=O) groups is 1. The maximum Gasteiger partial charge on any atom is 0.227 e. The van der Waals surface area contributed by atoms with E-state index in [1.54, 1.807) is 6.92 Å². The Hall–Kier alpha value is -2.54. The summed E-state index contributed by atoms with van der Waals surface area (Å²) in [5.41, 5.74) is 3.43. The first-order valence-electron chi connectivity index (χ1n) is 8.10. The molecule has 0 aliphatic rings. The Bertz CT molecular complexity index is 868. The van der Waals surface area contributed by atoms with Crippen LogP contribution >= 0.6 is 11.3 Å². The number of amides is 1. The lowest BCUT2D eigenvalue weighted by molar-refractivity contribution is -0.116. The highest BCUT2D eigenvalue weighted by molar-refractivity contribution is 7.15. The van der Waals surface area contributed by atoms with Gasteiger partial charge in [0.25, 0.3) is 0 Å². The molecule has 0 aliphatic heterocycles. The second-order valence-electron chi connectivity index (χ2n) is 5.97. The predicted octanol–water partition coefficient (Wildman–Crippen LogP) is 3.61. The summed E-state index contributed by atoms with van der Waals surface area (Å²) in [7, 11) is 0. The average Bonchev–Trinajstić information content (AvgIpc) is 3.13. The van der Waals surface area contributed by atoms with E-state index < -0.39 is 0 Å². The summed E-state index contributed by atoms with van der Waals surface area (Å²) in [5.74, 6) is 0.946. The molecular formula is C18H20N4O2S. The summed E-state index contributed by atoms with van der Waals surface area (Å²) >= 11 is 1.52. The van der Waals surface area contributed by atoms with Crippen molar-refractivity contribution in [2.24, 2.45) is 0 Å². The van der Waals surface area contributed by atoms with Crippen LogP contribution in [0.3, 0.4) is 0 Å². The fourth-order valence-electron chi connectivity index (χ4n) is 2.38. The molecule has 0 saturated carbocycles. The minimum absolute atomic E-state index is 0.105. The van der Waals surface area contributed by atoms with Gasteiger partial charge in [-0.1, -0.05) is 35.0 Å². The summed E-state index contributed by atoms with van der Waals surface area (Å²) < 4.78 is 5.01. The summed E-state index contributed by atoms with van der Waals surface area (Å²) in [4.78, 5) is 21.8. The highest BCUT2D eigenvalue weighted by atomic mass is 32.1. The summed E-state index contributed by atoms with van der Waals surface area (Å²) in [5, 5.41) is 7.20. The molecule has 2 heterocycles. The molecule has 0 atom stereocenters. The van der Waals surface area contributed by atoms with E-state index in [9.17, 15) is 4.79 Å². The maximum absolute atomic E-state index is 12.1. The van der Waals surface area contributed by atoms with Gasteiger partial charge < -0.3 is 9.84 Å². The van der Waals surface area contributed by atoms with Gasteiger partial charge in [0.05, 0.1) is 5.69 Å². The van der Waals surface area contributed by atoms with Gasteiger partial charge in [0.2, 0.25) is 11.8 Å². The van der Waals surface area contributed by atoms with Crippen LogP contribution in [0.4, 0.5) is 5.13 Å². The summed E-state index contributed by atoms with van der Waals surface area (Å²) in [6.07, 6.45) is 1.53. The molecule has 3 rings (SSSR count). The van der Waals surface area contributed by atoms with Gasteiger partial charge in [-0.25, -0.2) is 4.98 Å². The Morgan fingerprint density at radius 3 is 2.60 bits per heavy atom. The number of nitrogens with zero attached hydrogens (tertiary/aromatic N) is 3. The highest BCUT2D eigenvalue weighted by Gasteiger charge is 2.12. The number of hydrogen-bond donors (Lipinski definition) is 1. The van der Waals surface area contributed by atoms with Crippen LogP contribution in [-0.2, 0) is 17.6 Å². The fourth-order valence-corrected chi connectivity index (χ4v) is 3.39. The van der Waals surface area contributed by atoms with E-state index in [0.29, 0.717) is 23.3 Å². The lowest BCUT2D eigenvalue weighted by atomic mass is 10.1. The van der Waals surface area contributed by atoms with Crippen molar-refractivity contribution in [1.82, 2.24) is 15.1 Å². The number of aromatic nitrogens is 3. The standard InChI is InChI=1S/C18H20N4O2S/c1-11-4-6-14(7-5-11)10-15-12(2)19-18(25-15)21-16(23)8-9-17-20-13(3)22-24-17/h4-7H,8-10H2,1-3H3,(H,19,21,23). The van der Waals surface area contributed by atoms with Crippen molar-refractivity contribution < 1.29 is 9.32 Å². The molecule has 6 nitrogen and oxygen atoms in total. The summed E-state index contributed by atoms with van der Waals surface area (Å²) in [6.45, 7) is 5.79. The molecule has 0 spiro atoms. The van der Waals surface area contributed by atoms with Crippen LogP contribution < -0.4 is 5.32 Å². The lowest BCUT2D eigenvalue weighted by Crippen LogP contribution is -2.12. The van der Waals surface area contributed by atoms with E-state index in [1.807, 2.05) is 6.92 Å². The lowest BCUT2D eigenvalue weighted by Gasteiger charge is -2.00. The third-order valence-electron chi connectivity index (χ3n) is 3.76. The van der Waals surface area contributed by atoms with Gasteiger partial charge >= 0.3 is 0 Å². The minimum atomic E-state index is -0.105. The molecule has 3 aromatic rings. The number of aryl methyl sites for hydroxylation is 4. The maximum atomic E-state index is 12.1. The Kier molecular flexibility index (Phi) is 5.23. The fraction of sp³-hybridized carbons (Fsp3) is 0.333. The van der Waals surface area contributed by atoms with E-state index >= 15 is 0 Å². The molecule has 0 unspecified atom stereocenters. The number of nitrogens with one attached hydrogen (secondary N) is 1. The van der Waals surface area contributed by atoms with Crippen LogP contribution in [-0.4, -0.2) is 21.0 Å². The largest absolute Gasteiger partial charge is 0.339 e. The normalized spacial score (nSPS) is 10.8. The molecule has 1 amide bonds. The Morgan fingerprint density at radius 2 is 1.92 bits per heavy atom. The monoisotopic (exact) mass is 356 g/mol. The quantitative estimate of drug-likeness (QED) is 0.730. The molecule has 0 saturated heterocycles. The molecule has 0 aliphatic carbocycles. The molecule has 0 fully saturated rings. The van der Waals surface area contributed by atoms with Crippen molar-refractivity contribution in [2.75, 3.05) is 5.32 Å². The van der Waals surface area contributed by atoms with E-state index in [1.165, 1.54) is 22.5 Å². The average molecular weight is 356 g/mol. The molecule has 1 aromatic carbocycles. The van der Waals surface area contributed by atoms with Gasteiger partial charge in [0, 0.05) is 24.1 Å². The summed E-state index contributed by atoms with van der Waals surface area (Å²) in [6, 6.07) is 8.46. The zero-order chi connectivity index (χ0) is 17.8. The Balaban J connectivity index is 1.57. The number of benzene rings is 1. The van der Waals surface area contributed by atoms with Gasteiger partial charge in [-0.3, -0.25) is 4.79 Å². The zero-order valence-electron chi connectivity index (χ0n) is 14.5. The smallest absolute Gasteiger partial charge is 0.227 e. The molecular weight excluding hydrogens is 336 g/mol. The van der Waals surface area contributed by atoms with Gasteiger partial charge in [0.15, 0.2) is 11.0 Å². The van der Waals surface area contributed by atoms with Crippen molar-refractivity contribution in [1.29, 1.82) is 0 Å². The number of thiazole rings is 1. The highest BCUT2D eigenvalue weighted by Crippen LogP contribution is 2.25. The Labute approximate surface area is 150 Å². The number of hydrogen-bond acceptors (Lipinski definition) is 6. The van der Waals surface area contributed by atoms with E-state index in [4.69, 9.17) is 4.52 Å². The first kappa shape index (κ1) is 17.3. The van der Waals surface area contributed by atoms with Crippen molar-refractivity contribution in [2.45, 2.75) is 40.0 Å². The van der Waals surface area contributed by atoms with E-state index in [2.05, 4.69) is 51.6 Å². The van der Waals surface area contributed by atoms with Crippen LogP contribution in [0.1, 0.15) is 39.8 Å². The van der Waals surface area contributed by atoms with Gasteiger partial charge in [-0.15, -0.1) is 11.3 Å². The third-order valence-corrected chi connectivity index (χ3v) is 4.83. The van der Waals surface area contributed by atoms with Gasteiger partial charge in [-0.2, -0.15) is 4.98 Å². The molecule has 1 N–H and O–H groups in total. The van der Waals surface area contributed by atoms with Crippen molar-refractivity contribution in [3.63, 3.8) is 0 Å². The minimum Gasteiger partial charge on any atom is -0.339 e. The van der Waals surface area contributed by atoms with Crippen molar-refractivity contribution in [3.05, 3.63) is 57.7 Å². The number of rotatable bonds is 6. The molecule has 7 heteroatoms. The molecule has 0 radical (unpaired) electrons. The first-order chi connectivity index (χ1) is 12.0. The van der Waals surface area contributed by atoms with E-state index in [0.717, 1.165) is 17.0 Å². The topological polar surface area (TPSA) is 80.9 Å².